The van der Waals surface area contributed by atoms with Crippen LogP contribution in [0.2, 0.25) is 0 Å². The first kappa shape index (κ1) is 17.4. The molecule has 0 spiro atoms. The molecule has 1 saturated heterocycles. The molecule has 1 fully saturated rings. The lowest BCUT2D eigenvalue weighted by Crippen LogP contribution is -3.15. The highest BCUT2D eigenvalue weighted by Gasteiger charge is 2.27. The van der Waals surface area contributed by atoms with Gasteiger partial charge in [-0.25, -0.2) is 0 Å². The molecular weight excluding hydrogens is 338 g/mol. The van der Waals surface area contributed by atoms with Gasteiger partial charge >= 0.3 is 0 Å². The van der Waals surface area contributed by atoms with Crippen LogP contribution in [0.3, 0.4) is 0 Å². The van der Waals surface area contributed by atoms with Crippen LogP contribution >= 0.6 is 23.6 Å². The standard InChI is InChI=1S/C18H23N3OS2/c1-14-5-2-3-6-15(14)20-18(23)19-13-16(17-7-4-12-24-17)21-8-10-22-11-9-21/h2-7,12,16H,8-11,13H2,1H3,(H2,19,20,23)/p+1/t16-/m0/s1. The van der Waals surface area contributed by atoms with E-state index in [1.165, 1.54) is 10.4 Å². The van der Waals surface area contributed by atoms with Crippen LogP contribution in [0, 0.1) is 6.92 Å². The van der Waals surface area contributed by atoms with E-state index in [2.05, 4.69) is 41.1 Å². The number of nitrogens with one attached hydrogen (secondary N) is 3. The molecule has 0 aliphatic carbocycles. The molecule has 0 saturated carbocycles. The number of morpholine rings is 1. The fourth-order valence-corrected chi connectivity index (χ4v) is 4.07. The largest absolute Gasteiger partial charge is 0.370 e. The van der Waals surface area contributed by atoms with Crippen LogP contribution in [0.15, 0.2) is 41.8 Å². The number of quaternary nitrogens is 1. The summed E-state index contributed by atoms with van der Waals surface area (Å²) in [6.45, 7) is 6.67. The Kier molecular flexibility index (Phi) is 6.20. The number of hydrogen-bond donors (Lipinski definition) is 3. The summed E-state index contributed by atoms with van der Waals surface area (Å²) in [5, 5.41) is 9.54. The van der Waals surface area contributed by atoms with Crippen molar-refractivity contribution in [1.29, 1.82) is 0 Å². The van der Waals surface area contributed by atoms with E-state index in [0.29, 0.717) is 11.2 Å². The Morgan fingerprint density at radius 2 is 2.04 bits per heavy atom. The van der Waals surface area contributed by atoms with Crippen LogP contribution in [0.25, 0.3) is 0 Å². The predicted molar refractivity (Wildman–Crippen MR) is 104 cm³/mol. The molecule has 1 aromatic carbocycles. The molecule has 128 valence electrons. The molecule has 3 N–H and O–H groups in total. The maximum atomic E-state index is 5.51. The zero-order chi connectivity index (χ0) is 16.8. The summed E-state index contributed by atoms with van der Waals surface area (Å²) in [6.07, 6.45) is 0. The Balaban J connectivity index is 1.61. The van der Waals surface area contributed by atoms with Crippen molar-refractivity contribution in [2.45, 2.75) is 13.0 Å². The topological polar surface area (TPSA) is 37.7 Å². The number of thiocarbonyl (C=S) groups is 1. The van der Waals surface area contributed by atoms with Crippen LogP contribution in [0.5, 0.6) is 0 Å². The van der Waals surface area contributed by atoms with E-state index in [0.717, 1.165) is 38.5 Å². The highest BCUT2D eigenvalue weighted by molar-refractivity contribution is 7.80. The minimum Gasteiger partial charge on any atom is -0.370 e. The van der Waals surface area contributed by atoms with Crippen molar-refractivity contribution in [3.63, 3.8) is 0 Å². The molecule has 3 rings (SSSR count). The molecule has 0 amide bonds. The molecule has 6 heteroatoms. The minimum atomic E-state index is 0.408. The average Bonchev–Trinajstić information content (AvgIpc) is 3.12. The maximum Gasteiger partial charge on any atom is 0.171 e. The van der Waals surface area contributed by atoms with E-state index in [4.69, 9.17) is 17.0 Å². The van der Waals surface area contributed by atoms with Crippen molar-refractivity contribution >= 4 is 34.4 Å². The van der Waals surface area contributed by atoms with E-state index in [-0.39, 0.29) is 0 Å². The summed E-state index contributed by atoms with van der Waals surface area (Å²) in [5.74, 6) is 0. The summed E-state index contributed by atoms with van der Waals surface area (Å²) in [4.78, 5) is 2.97. The third-order valence-electron chi connectivity index (χ3n) is 4.37. The third kappa shape index (κ3) is 4.54. The normalized spacial score (nSPS) is 16.5. The van der Waals surface area contributed by atoms with Crippen molar-refractivity contribution in [1.82, 2.24) is 5.32 Å². The monoisotopic (exact) mass is 362 g/mol. The van der Waals surface area contributed by atoms with E-state index in [1.54, 1.807) is 4.90 Å². The Bertz CT molecular complexity index is 654. The first-order valence-corrected chi connectivity index (χ1v) is 9.59. The summed E-state index contributed by atoms with van der Waals surface area (Å²) in [6, 6.07) is 12.9. The van der Waals surface area contributed by atoms with Crippen LogP contribution in [-0.4, -0.2) is 38.0 Å². The number of rotatable bonds is 5. The third-order valence-corrected chi connectivity index (χ3v) is 5.61. The van der Waals surface area contributed by atoms with Gasteiger partial charge in [0.05, 0.1) is 24.6 Å². The number of hydrogen-bond acceptors (Lipinski definition) is 3. The molecule has 2 aromatic rings. The number of anilines is 1. The molecule has 2 heterocycles. The minimum absolute atomic E-state index is 0.408. The highest BCUT2D eigenvalue weighted by Crippen LogP contribution is 2.17. The smallest absolute Gasteiger partial charge is 0.171 e. The molecule has 24 heavy (non-hydrogen) atoms. The van der Waals surface area contributed by atoms with Crippen LogP contribution in [-0.2, 0) is 4.74 Å². The second-order valence-corrected chi connectivity index (χ2v) is 7.38. The van der Waals surface area contributed by atoms with E-state index in [9.17, 15) is 0 Å². The Morgan fingerprint density at radius 3 is 2.75 bits per heavy atom. The number of ether oxygens (including phenoxy) is 1. The summed E-state index contributed by atoms with van der Waals surface area (Å²) in [7, 11) is 0. The number of aryl methyl sites for hydroxylation is 1. The molecule has 0 radical (unpaired) electrons. The number of thiophene rings is 1. The lowest BCUT2D eigenvalue weighted by Gasteiger charge is -2.31. The van der Waals surface area contributed by atoms with Crippen molar-refractivity contribution in [2.75, 3.05) is 38.2 Å². The van der Waals surface area contributed by atoms with Gasteiger partial charge in [0.15, 0.2) is 5.11 Å². The van der Waals surface area contributed by atoms with Crippen molar-refractivity contribution in [3.05, 3.63) is 52.2 Å². The van der Waals surface area contributed by atoms with E-state index >= 15 is 0 Å². The Hall–Kier alpha value is -1.47. The van der Waals surface area contributed by atoms with Gasteiger partial charge in [0, 0.05) is 5.69 Å². The molecule has 1 atom stereocenters. The molecule has 1 aromatic heterocycles. The van der Waals surface area contributed by atoms with Crippen molar-refractivity contribution in [3.8, 4) is 0 Å². The van der Waals surface area contributed by atoms with Gasteiger partial charge < -0.3 is 20.3 Å². The second-order valence-electron chi connectivity index (χ2n) is 5.99. The zero-order valence-electron chi connectivity index (χ0n) is 13.9. The molecular formula is C18H24N3OS2+. The van der Waals surface area contributed by atoms with Gasteiger partial charge in [-0.3, -0.25) is 0 Å². The lowest BCUT2D eigenvalue weighted by molar-refractivity contribution is -0.937. The Labute approximate surface area is 152 Å². The second kappa shape index (κ2) is 8.58. The summed E-state index contributed by atoms with van der Waals surface area (Å²) < 4.78 is 5.51. The van der Waals surface area contributed by atoms with Crippen LogP contribution in [0.4, 0.5) is 5.69 Å². The summed E-state index contributed by atoms with van der Waals surface area (Å²) in [5.41, 5.74) is 2.25. The van der Waals surface area contributed by atoms with Gasteiger partial charge in [-0.05, 0) is 42.2 Å². The maximum absolute atomic E-state index is 5.51. The van der Waals surface area contributed by atoms with Crippen LogP contribution in [0.1, 0.15) is 16.5 Å². The number of benzene rings is 1. The number of para-hydroxylation sites is 1. The van der Waals surface area contributed by atoms with Gasteiger partial charge in [0.25, 0.3) is 0 Å². The van der Waals surface area contributed by atoms with Crippen molar-refractivity contribution < 1.29 is 9.64 Å². The average molecular weight is 363 g/mol. The molecule has 1 aliphatic rings. The fraction of sp³-hybridized carbons (Fsp3) is 0.389. The molecule has 0 bridgehead atoms. The molecule has 1 aliphatic heterocycles. The van der Waals surface area contributed by atoms with Crippen LogP contribution < -0.4 is 15.5 Å². The highest BCUT2D eigenvalue weighted by atomic mass is 32.1. The van der Waals surface area contributed by atoms with Crippen molar-refractivity contribution in [2.24, 2.45) is 0 Å². The molecule has 4 nitrogen and oxygen atoms in total. The van der Waals surface area contributed by atoms with Gasteiger partial charge in [-0.2, -0.15) is 0 Å². The first-order chi connectivity index (χ1) is 11.7. The quantitative estimate of drug-likeness (QED) is 0.712. The predicted octanol–water partition coefficient (Wildman–Crippen LogP) is 2.00. The zero-order valence-corrected chi connectivity index (χ0v) is 15.5. The first-order valence-electron chi connectivity index (χ1n) is 8.30. The van der Waals surface area contributed by atoms with Gasteiger partial charge in [0.1, 0.15) is 19.1 Å². The van der Waals surface area contributed by atoms with Gasteiger partial charge in [0.2, 0.25) is 0 Å². The SMILES string of the molecule is Cc1ccccc1NC(=S)NC[C@@H](c1cccs1)[NH+]1CCOCC1. The summed E-state index contributed by atoms with van der Waals surface area (Å²) >= 11 is 7.31. The Morgan fingerprint density at radius 1 is 1.25 bits per heavy atom. The van der Waals surface area contributed by atoms with Gasteiger partial charge in [-0.15, -0.1) is 11.3 Å². The fourth-order valence-electron chi connectivity index (χ4n) is 2.99. The van der Waals surface area contributed by atoms with E-state index in [1.807, 2.05) is 29.5 Å². The lowest BCUT2D eigenvalue weighted by atomic mass is 10.2. The van der Waals surface area contributed by atoms with E-state index < -0.39 is 0 Å². The van der Waals surface area contributed by atoms with Gasteiger partial charge in [-0.1, -0.05) is 24.3 Å². The molecule has 0 unspecified atom stereocenters.